The van der Waals surface area contributed by atoms with Crippen LogP contribution in [-0.4, -0.2) is 32.8 Å². The molecule has 0 aliphatic carbocycles. The van der Waals surface area contributed by atoms with Crippen LogP contribution in [0.25, 0.3) is 0 Å². The molecule has 2 N–H and O–H groups in total. The maximum atomic E-state index is 5.53. The number of hydrogen-bond acceptors (Lipinski definition) is 3. The standard InChI is InChI=1S/C15H27N3OS.HI/c1-4-5-9-19-10-6-8-17-15(16-3)18-12-14-13(2)7-11-20-14;/h7,11H,4-6,8-10,12H2,1-3H3,(H2,16,17,18);1H. The first-order valence-electron chi connectivity index (χ1n) is 7.33. The summed E-state index contributed by atoms with van der Waals surface area (Å²) in [7, 11) is 1.80. The van der Waals surface area contributed by atoms with Gasteiger partial charge < -0.3 is 15.4 Å². The van der Waals surface area contributed by atoms with Crippen LogP contribution in [0.1, 0.15) is 36.6 Å². The molecular formula is C15H28IN3OS. The van der Waals surface area contributed by atoms with Gasteiger partial charge >= 0.3 is 0 Å². The number of halogens is 1. The molecule has 1 heterocycles. The monoisotopic (exact) mass is 425 g/mol. The average molecular weight is 425 g/mol. The minimum atomic E-state index is 0. The van der Waals surface area contributed by atoms with E-state index in [1.807, 2.05) is 0 Å². The number of ether oxygens (including phenoxy) is 1. The van der Waals surface area contributed by atoms with Gasteiger partial charge in [0.1, 0.15) is 0 Å². The molecule has 0 fully saturated rings. The molecule has 0 amide bonds. The first kappa shape index (κ1) is 20.7. The zero-order valence-corrected chi connectivity index (χ0v) is 16.4. The molecule has 0 spiro atoms. The summed E-state index contributed by atoms with van der Waals surface area (Å²) in [5.41, 5.74) is 1.34. The van der Waals surface area contributed by atoms with Crippen LogP contribution in [0.4, 0.5) is 0 Å². The van der Waals surface area contributed by atoms with Gasteiger partial charge in [0, 0.05) is 31.7 Å². The second-order valence-electron chi connectivity index (χ2n) is 4.70. The van der Waals surface area contributed by atoms with Crippen molar-refractivity contribution in [2.24, 2.45) is 4.99 Å². The van der Waals surface area contributed by atoms with E-state index >= 15 is 0 Å². The normalized spacial score (nSPS) is 11.1. The third-order valence-electron chi connectivity index (χ3n) is 3.01. The van der Waals surface area contributed by atoms with E-state index in [0.29, 0.717) is 0 Å². The molecule has 0 aliphatic rings. The molecule has 122 valence electrons. The minimum absolute atomic E-state index is 0. The van der Waals surface area contributed by atoms with Gasteiger partial charge in [-0.2, -0.15) is 0 Å². The van der Waals surface area contributed by atoms with Crippen molar-refractivity contribution >= 4 is 41.3 Å². The maximum Gasteiger partial charge on any atom is 0.191 e. The highest BCUT2D eigenvalue weighted by Crippen LogP contribution is 2.14. The largest absolute Gasteiger partial charge is 0.381 e. The number of nitrogens with zero attached hydrogens (tertiary/aromatic N) is 1. The molecule has 0 saturated heterocycles. The quantitative estimate of drug-likeness (QED) is 0.275. The second-order valence-corrected chi connectivity index (χ2v) is 5.70. The molecule has 21 heavy (non-hydrogen) atoms. The Bertz CT molecular complexity index is 396. The Morgan fingerprint density at radius 3 is 2.67 bits per heavy atom. The fourth-order valence-electron chi connectivity index (χ4n) is 1.70. The first-order chi connectivity index (χ1) is 9.77. The topological polar surface area (TPSA) is 45.6 Å². The summed E-state index contributed by atoms with van der Waals surface area (Å²) in [5.74, 6) is 0.853. The lowest BCUT2D eigenvalue weighted by Crippen LogP contribution is -2.37. The lowest BCUT2D eigenvalue weighted by atomic mass is 10.3. The van der Waals surface area contributed by atoms with Gasteiger partial charge in [-0.3, -0.25) is 4.99 Å². The molecule has 0 radical (unpaired) electrons. The Morgan fingerprint density at radius 2 is 2.05 bits per heavy atom. The fraction of sp³-hybridized carbons (Fsp3) is 0.667. The molecule has 0 unspecified atom stereocenters. The van der Waals surface area contributed by atoms with E-state index in [0.717, 1.165) is 45.1 Å². The third kappa shape index (κ3) is 9.31. The van der Waals surface area contributed by atoms with E-state index in [1.54, 1.807) is 18.4 Å². The molecule has 1 aromatic rings. The number of guanidine groups is 1. The van der Waals surface area contributed by atoms with Crippen LogP contribution >= 0.6 is 35.3 Å². The van der Waals surface area contributed by atoms with Crippen LogP contribution in [0.3, 0.4) is 0 Å². The Kier molecular flexibility index (Phi) is 13.1. The summed E-state index contributed by atoms with van der Waals surface area (Å²) in [4.78, 5) is 5.58. The molecule has 0 saturated carbocycles. The van der Waals surface area contributed by atoms with Crippen LogP contribution in [0.15, 0.2) is 16.4 Å². The van der Waals surface area contributed by atoms with E-state index in [1.165, 1.54) is 16.9 Å². The number of aliphatic imine (C=N–C) groups is 1. The predicted octanol–water partition coefficient (Wildman–Crippen LogP) is 3.55. The van der Waals surface area contributed by atoms with Crippen LogP contribution < -0.4 is 10.6 Å². The second kappa shape index (κ2) is 13.3. The smallest absolute Gasteiger partial charge is 0.191 e. The van der Waals surface area contributed by atoms with Gasteiger partial charge in [-0.1, -0.05) is 13.3 Å². The number of unbranched alkanes of at least 4 members (excludes halogenated alkanes) is 1. The van der Waals surface area contributed by atoms with Crippen molar-refractivity contribution < 1.29 is 4.74 Å². The molecule has 0 aliphatic heterocycles. The van der Waals surface area contributed by atoms with Gasteiger partial charge in [-0.25, -0.2) is 0 Å². The highest BCUT2D eigenvalue weighted by atomic mass is 127. The van der Waals surface area contributed by atoms with E-state index in [4.69, 9.17) is 4.74 Å². The molecule has 6 heteroatoms. The van der Waals surface area contributed by atoms with Crippen molar-refractivity contribution in [1.29, 1.82) is 0 Å². The van der Waals surface area contributed by atoms with Crippen LogP contribution in [0, 0.1) is 6.92 Å². The van der Waals surface area contributed by atoms with E-state index in [9.17, 15) is 0 Å². The lowest BCUT2D eigenvalue weighted by Gasteiger charge is -2.11. The van der Waals surface area contributed by atoms with E-state index in [2.05, 4.69) is 40.9 Å². The van der Waals surface area contributed by atoms with E-state index in [-0.39, 0.29) is 24.0 Å². The molecule has 4 nitrogen and oxygen atoms in total. The molecule has 1 aromatic heterocycles. The lowest BCUT2D eigenvalue weighted by molar-refractivity contribution is 0.129. The molecular weight excluding hydrogens is 397 g/mol. The van der Waals surface area contributed by atoms with Gasteiger partial charge in [-0.15, -0.1) is 35.3 Å². The van der Waals surface area contributed by atoms with Crippen LogP contribution in [0.2, 0.25) is 0 Å². The Hall–Kier alpha value is -0.340. The molecule has 1 rings (SSSR count). The number of nitrogens with one attached hydrogen (secondary N) is 2. The van der Waals surface area contributed by atoms with Gasteiger partial charge in [0.15, 0.2) is 5.96 Å². The third-order valence-corrected chi connectivity index (χ3v) is 4.03. The van der Waals surface area contributed by atoms with Gasteiger partial charge in [0.2, 0.25) is 0 Å². The minimum Gasteiger partial charge on any atom is -0.381 e. The number of rotatable bonds is 9. The Balaban J connectivity index is 0.00000400. The summed E-state index contributed by atoms with van der Waals surface area (Å²) < 4.78 is 5.53. The summed E-state index contributed by atoms with van der Waals surface area (Å²) >= 11 is 1.78. The first-order valence-corrected chi connectivity index (χ1v) is 8.21. The Labute approximate surface area is 149 Å². The zero-order chi connectivity index (χ0) is 14.6. The highest BCUT2D eigenvalue weighted by molar-refractivity contribution is 14.0. The summed E-state index contributed by atoms with van der Waals surface area (Å²) in [6, 6.07) is 2.14. The van der Waals surface area contributed by atoms with Gasteiger partial charge in [0.25, 0.3) is 0 Å². The van der Waals surface area contributed by atoms with Crippen molar-refractivity contribution in [3.05, 3.63) is 21.9 Å². The van der Waals surface area contributed by atoms with Gasteiger partial charge in [0.05, 0.1) is 6.54 Å². The maximum absolute atomic E-state index is 5.53. The molecule has 0 atom stereocenters. The number of aryl methyl sites for hydroxylation is 1. The molecule has 0 aromatic carbocycles. The van der Waals surface area contributed by atoms with Crippen molar-refractivity contribution in [1.82, 2.24) is 10.6 Å². The van der Waals surface area contributed by atoms with Crippen LogP contribution in [0.5, 0.6) is 0 Å². The van der Waals surface area contributed by atoms with Gasteiger partial charge in [-0.05, 0) is 36.8 Å². The highest BCUT2D eigenvalue weighted by Gasteiger charge is 2.01. The molecule has 0 bridgehead atoms. The van der Waals surface area contributed by atoms with Crippen molar-refractivity contribution in [2.75, 3.05) is 26.8 Å². The van der Waals surface area contributed by atoms with Crippen molar-refractivity contribution in [3.8, 4) is 0 Å². The van der Waals surface area contributed by atoms with Crippen molar-refractivity contribution in [3.63, 3.8) is 0 Å². The number of thiophene rings is 1. The van der Waals surface area contributed by atoms with Crippen LogP contribution in [-0.2, 0) is 11.3 Å². The summed E-state index contributed by atoms with van der Waals surface area (Å²) in [5, 5.41) is 8.76. The van der Waals surface area contributed by atoms with Crippen molar-refractivity contribution in [2.45, 2.75) is 39.7 Å². The number of hydrogen-bond donors (Lipinski definition) is 2. The predicted molar refractivity (Wildman–Crippen MR) is 103 cm³/mol. The fourth-order valence-corrected chi connectivity index (χ4v) is 2.55. The average Bonchev–Trinajstić information content (AvgIpc) is 2.86. The summed E-state index contributed by atoms with van der Waals surface area (Å²) in [6.07, 6.45) is 3.34. The Morgan fingerprint density at radius 1 is 1.29 bits per heavy atom. The summed E-state index contributed by atoms with van der Waals surface area (Å²) in [6.45, 7) is 7.72. The van der Waals surface area contributed by atoms with E-state index < -0.39 is 0 Å². The zero-order valence-electron chi connectivity index (χ0n) is 13.3. The SMILES string of the molecule is CCCCOCCCNC(=NC)NCc1sccc1C.I.